The van der Waals surface area contributed by atoms with Gasteiger partial charge in [-0.2, -0.15) is 0 Å². The Bertz CT molecular complexity index is 1510. The Morgan fingerprint density at radius 1 is 1.27 bits per heavy atom. The Morgan fingerprint density at radius 3 is 2.37 bits per heavy atom. The van der Waals surface area contributed by atoms with Crippen molar-refractivity contribution < 1.29 is 76.2 Å². The third-order valence-electron chi connectivity index (χ3n) is 5.22. The second kappa shape index (κ2) is 12.9. The van der Waals surface area contributed by atoms with E-state index >= 15 is 0 Å². The van der Waals surface area contributed by atoms with Crippen molar-refractivity contribution in [3.05, 3.63) is 51.0 Å². The summed E-state index contributed by atoms with van der Waals surface area (Å²) >= 11 is 0.893. The van der Waals surface area contributed by atoms with Gasteiger partial charge >= 0.3 is 35.5 Å². The van der Waals surface area contributed by atoms with Crippen molar-refractivity contribution in [1.82, 2.24) is 14.6 Å². The number of nitrogens with one attached hydrogen (secondary N) is 1. The summed E-state index contributed by atoms with van der Waals surface area (Å²) in [5, 5.41) is 17.7. The summed E-state index contributed by atoms with van der Waals surface area (Å²) in [6.07, 6.45) is 0. The molecule has 0 bridgehead atoms. The number of anilines is 1. The molecule has 1 aromatic carbocycles. The molecule has 18 nitrogen and oxygen atoms in total. The molecule has 0 spiro atoms. The van der Waals surface area contributed by atoms with E-state index in [1.165, 1.54) is 43.5 Å². The number of nitro groups is 1. The molecule has 3 amide bonds. The van der Waals surface area contributed by atoms with Gasteiger partial charge < -0.3 is 30.9 Å². The minimum atomic E-state index is -5.40. The van der Waals surface area contributed by atoms with E-state index in [4.69, 9.17) is 21.0 Å². The van der Waals surface area contributed by atoms with Gasteiger partial charge in [-0.05, 0) is 31.5 Å². The van der Waals surface area contributed by atoms with Gasteiger partial charge in [0.2, 0.25) is 11.5 Å². The molecule has 1 aliphatic heterocycles. The molecule has 0 radical (unpaired) electrons. The van der Waals surface area contributed by atoms with Crippen molar-refractivity contribution >= 4 is 61.9 Å². The number of nitrogen functional groups attached to an aromatic ring is 1. The molecule has 1 aliphatic rings. The van der Waals surface area contributed by atoms with Gasteiger partial charge in [0.1, 0.15) is 18.3 Å². The van der Waals surface area contributed by atoms with Gasteiger partial charge in [-0.3, -0.25) is 24.5 Å². The first-order valence-electron chi connectivity index (χ1n) is 10.8. The number of esters is 1. The van der Waals surface area contributed by atoms with E-state index in [2.05, 4.69) is 10.1 Å². The first kappa shape index (κ1) is 33.5. The number of oxime groups is 1. The Morgan fingerprint density at radius 2 is 1.88 bits per heavy atom. The topological polar surface area (TPSA) is 280 Å². The molecule has 41 heavy (non-hydrogen) atoms. The zero-order chi connectivity index (χ0) is 30.0. The van der Waals surface area contributed by atoms with Gasteiger partial charge in [-0.25, -0.2) is 22.5 Å². The second-order valence-electron chi connectivity index (χ2n) is 8.50. The van der Waals surface area contributed by atoms with Crippen molar-refractivity contribution in [3.8, 4) is 0 Å². The summed E-state index contributed by atoms with van der Waals surface area (Å²) in [6.45, 7) is 2.21. The van der Waals surface area contributed by atoms with Crippen molar-refractivity contribution in [2.45, 2.75) is 38.1 Å². The molecular weight excluding hydrogens is 601 g/mol. The number of ether oxygens (including phenoxy) is 1. The fraction of sp³-hybridized carbons (Fsp3) is 0.300. The minimum absolute atomic E-state index is 0. The van der Waals surface area contributed by atoms with Crippen LogP contribution in [0.1, 0.15) is 25.1 Å². The van der Waals surface area contributed by atoms with Crippen LogP contribution in [0.2, 0.25) is 0 Å². The fourth-order valence-electron chi connectivity index (χ4n) is 3.18. The molecule has 2 heterocycles. The monoisotopic (exact) mass is 621 g/mol. The summed E-state index contributed by atoms with van der Waals surface area (Å²) in [4.78, 5) is 68.8. The Hall–Kier alpha value is -3.69. The van der Waals surface area contributed by atoms with Crippen LogP contribution < -0.4 is 46.3 Å². The maximum absolute atomic E-state index is 13.0. The van der Waals surface area contributed by atoms with E-state index in [1.807, 2.05) is 5.32 Å². The maximum Gasteiger partial charge on any atom is 1.00 e. The van der Waals surface area contributed by atoms with Gasteiger partial charge in [0.15, 0.2) is 27.2 Å². The Labute approximate surface area is 257 Å². The number of carbonyl (C=O) groups excluding carboxylic acids is 4. The minimum Gasteiger partial charge on any atom is -0.731 e. The molecule has 214 valence electrons. The number of hydrogen-bond acceptors (Lipinski definition) is 15. The van der Waals surface area contributed by atoms with Crippen LogP contribution in [0.25, 0.3) is 0 Å². The van der Waals surface area contributed by atoms with E-state index in [9.17, 15) is 42.3 Å². The number of benzene rings is 1. The maximum atomic E-state index is 13.0. The SMILES string of the molecule is CC(C)(ON=C(C(=O)NC1C(=O)N(S(=O)(=O)[O-])C1C(N)=O)c1csc(N)n1)C(=O)OCc1ccc([N+](=O)[O-])cc1.[Na+]. The largest absolute Gasteiger partial charge is 1.00 e. The molecule has 1 aromatic heterocycles. The summed E-state index contributed by atoms with van der Waals surface area (Å²) in [6, 6.07) is 1.39. The van der Waals surface area contributed by atoms with Crippen LogP contribution >= 0.6 is 11.3 Å². The van der Waals surface area contributed by atoms with Gasteiger partial charge in [0.25, 0.3) is 17.5 Å². The predicted octanol–water partition coefficient (Wildman–Crippen LogP) is -4.48. The molecule has 1 fully saturated rings. The van der Waals surface area contributed by atoms with Crippen molar-refractivity contribution in [2.24, 2.45) is 10.9 Å². The number of β-lactam (4-membered cyclic amide) rings is 1. The number of carbonyl (C=O) groups is 4. The number of nitrogens with zero attached hydrogens (tertiary/aromatic N) is 4. The van der Waals surface area contributed by atoms with Crippen LogP contribution in [0, 0.1) is 10.1 Å². The summed E-state index contributed by atoms with van der Waals surface area (Å²) < 4.78 is 38.7. The average molecular weight is 622 g/mol. The molecule has 2 atom stereocenters. The molecular formula is C20H20N7NaO11S2. The van der Waals surface area contributed by atoms with E-state index in [-0.39, 0.29) is 57.0 Å². The van der Waals surface area contributed by atoms with Gasteiger partial charge in [-0.1, -0.05) is 5.16 Å². The molecule has 3 rings (SSSR count). The summed E-state index contributed by atoms with van der Waals surface area (Å²) in [5.41, 5.74) is 8.34. The third kappa shape index (κ3) is 7.74. The third-order valence-corrected chi connectivity index (χ3v) is 6.79. The standard InChI is InChI=1S/C20H21N7O11S2.Na/c1-20(2,18(31)37-7-9-3-5-10(6-4-9)27(32)33)38-25-12(11-8-39-19(22)23-11)16(29)24-13-14(15(21)28)26(17(13)30)40(34,35)36;/h3-6,8,13-14H,7H2,1-2H3,(H2,21,28)(H2,22,23)(H,24,29)(H,34,35,36);/q;+1/p-1. The molecule has 0 aliphatic carbocycles. The first-order valence-corrected chi connectivity index (χ1v) is 13.0. The van der Waals surface area contributed by atoms with E-state index in [0.717, 1.165) is 11.3 Å². The smallest absolute Gasteiger partial charge is 0.731 e. The Balaban J connectivity index is 0.00000588. The number of thiazole rings is 1. The van der Waals surface area contributed by atoms with Crippen molar-refractivity contribution in [3.63, 3.8) is 0 Å². The number of nitro benzene ring substituents is 1. The van der Waals surface area contributed by atoms with Crippen LogP contribution in [0.4, 0.5) is 10.8 Å². The van der Waals surface area contributed by atoms with Crippen LogP contribution in [-0.2, 0) is 45.7 Å². The number of amides is 3. The summed E-state index contributed by atoms with van der Waals surface area (Å²) in [5.74, 6) is -4.96. The van der Waals surface area contributed by atoms with E-state index < -0.39 is 62.3 Å². The van der Waals surface area contributed by atoms with Crippen molar-refractivity contribution in [1.29, 1.82) is 0 Å². The number of non-ortho nitro benzene ring substituents is 1. The van der Waals surface area contributed by atoms with Gasteiger partial charge in [-0.15, -0.1) is 11.3 Å². The Kier molecular flexibility index (Phi) is 10.5. The quantitative estimate of drug-likeness (QED) is 0.0406. The van der Waals surface area contributed by atoms with E-state index in [0.29, 0.717) is 5.56 Å². The number of primary amides is 1. The average Bonchev–Trinajstić information content (AvgIpc) is 3.28. The molecule has 21 heteroatoms. The van der Waals surface area contributed by atoms with Crippen LogP contribution in [0.15, 0.2) is 34.8 Å². The van der Waals surface area contributed by atoms with Crippen LogP contribution in [0.5, 0.6) is 0 Å². The normalized spacial score (nSPS) is 17.1. The molecule has 0 saturated carbocycles. The summed E-state index contributed by atoms with van der Waals surface area (Å²) in [7, 11) is -5.40. The van der Waals surface area contributed by atoms with Crippen LogP contribution in [-0.4, -0.2) is 74.3 Å². The number of nitrogens with two attached hydrogens (primary N) is 2. The fourth-order valence-corrected chi connectivity index (χ4v) is 4.56. The molecule has 5 N–H and O–H groups in total. The molecule has 1 saturated heterocycles. The predicted molar refractivity (Wildman–Crippen MR) is 133 cm³/mol. The molecule has 2 aromatic rings. The zero-order valence-corrected chi connectivity index (χ0v) is 25.1. The van der Waals surface area contributed by atoms with Crippen molar-refractivity contribution in [2.75, 3.05) is 5.73 Å². The van der Waals surface area contributed by atoms with Crippen LogP contribution in [0.3, 0.4) is 0 Å². The number of aromatic nitrogens is 1. The number of hydrogen-bond donors (Lipinski definition) is 3. The van der Waals surface area contributed by atoms with Gasteiger partial charge in [0.05, 0.1) is 4.92 Å². The van der Waals surface area contributed by atoms with Gasteiger partial charge in [0, 0.05) is 17.5 Å². The second-order valence-corrected chi connectivity index (χ2v) is 10.6. The molecule has 2 unspecified atom stereocenters. The zero-order valence-electron chi connectivity index (χ0n) is 21.5. The number of rotatable bonds is 11. The van der Waals surface area contributed by atoms with E-state index in [1.54, 1.807) is 0 Å². The first-order chi connectivity index (χ1) is 18.5.